The molecule has 0 aliphatic heterocycles. The minimum atomic E-state index is 0. The molecule has 42 valence electrons. The van der Waals surface area contributed by atoms with Crippen molar-refractivity contribution in [1.82, 2.24) is 0 Å². The predicted octanol–water partition coefficient (Wildman–Crippen LogP) is -2.00. The number of hydrogen-bond donors (Lipinski definition) is 0. The maximum absolute atomic E-state index is 9.28. The van der Waals surface area contributed by atoms with Gasteiger partial charge in [0.2, 0.25) is 0 Å². The van der Waals surface area contributed by atoms with Crippen LogP contribution in [0.3, 0.4) is 0 Å². The first kappa shape index (κ1) is 22.5. The van der Waals surface area contributed by atoms with Crippen LogP contribution in [-0.2, 0) is 31.2 Å². The molecule has 0 aromatic carbocycles. The Morgan fingerprint density at radius 1 is 1.62 bits per heavy atom. The van der Waals surface area contributed by atoms with Crippen LogP contribution in [0.2, 0.25) is 0 Å². The van der Waals surface area contributed by atoms with Gasteiger partial charge in [0, 0.05) is 28.8 Å². The van der Waals surface area contributed by atoms with E-state index in [0.29, 0.717) is 6.29 Å². The summed E-state index contributed by atoms with van der Waals surface area (Å²) in [6, 6.07) is 0. The molecule has 0 unspecified atom stereocenters. The molecule has 0 aromatic heterocycles. The maximum Gasteiger partial charge on any atom is 0 e. The third kappa shape index (κ3) is 22.7. The van der Waals surface area contributed by atoms with E-state index in [0.717, 1.165) is 0 Å². The summed E-state index contributed by atoms with van der Waals surface area (Å²) in [4.78, 5) is 9.28. The fourth-order valence-corrected chi connectivity index (χ4v) is 0.0680. The Kier molecular flexibility index (Phi) is 63.1. The Morgan fingerprint density at radius 3 is 2.00 bits per heavy atom. The first-order valence-electron chi connectivity index (χ1n) is 1.34. The molecule has 0 heterocycles. The number of hydrogen-bond acceptors (Lipinski definition) is 2. The van der Waals surface area contributed by atoms with Crippen molar-refractivity contribution in [3.63, 3.8) is 0 Å². The average Bonchev–Trinajstić information content (AvgIpc) is 1.41. The van der Waals surface area contributed by atoms with Gasteiger partial charge in [0.15, 0.2) is 0 Å². The van der Waals surface area contributed by atoms with Crippen molar-refractivity contribution in [3.8, 4) is 0 Å². The summed E-state index contributed by atoms with van der Waals surface area (Å²) in [7, 11) is 1.48. The van der Waals surface area contributed by atoms with E-state index < -0.39 is 0 Å². The van der Waals surface area contributed by atoms with Crippen molar-refractivity contribution >= 4 is 101 Å². The summed E-state index contributed by atoms with van der Waals surface area (Å²) in [6.45, 7) is 0.208. The van der Waals surface area contributed by atoms with E-state index in [2.05, 4.69) is 4.74 Å². The molecule has 0 saturated carbocycles. The van der Waals surface area contributed by atoms with Crippen molar-refractivity contribution < 1.29 is 31.2 Å². The smallest absolute Gasteiger partial charge is 0 e. The van der Waals surface area contributed by atoms with Crippen molar-refractivity contribution in [2.45, 2.75) is 0 Å². The second-order valence-corrected chi connectivity index (χ2v) is 0.622. The first-order valence-corrected chi connectivity index (χ1v) is 1.34. The monoisotopic (exact) mass is 352 g/mol. The second kappa shape index (κ2) is 22.4. The minimum absolute atomic E-state index is 0. The summed E-state index contributed by atoms with van der Waals surface area (Å²) in [5, 5.41) is 0. The van der Waals surface area contributed by atoms with Gasteiger partial charge < -0.3 is 9.53 Å². The van der Waals surface area contributed by atoms with E-state index in [9.17, 15) is 4.79 Å². The molecule has 2 nitrogen and oxygen atoms in total. The quantitative estimate of drug-likeness (QED) is 0.425. The molecule has 0 aliphatic rings. The molecule has 0 rings (SSSR count). The molecule has 0 atom stereocenters. The zero-order valence-electron chi connectivity index (χ0n) is 3.60. The topological polar surface area (TPSA) is 26.3 Å². The number of rotatable bonds is 2. The summed E-state index contributed by atoms with van der Waals surface area (Å²) in [6.07, 6.45) is 0.708. The Labute approximate surface area is 142 Å². The van der Waals surface area contributed by atoms with Crippen molar-refractivity contribution in [1.29, 1.82) is 0 Å². The fourth-order valence-electron chi connectivity index (χ4n) is 0.0680. The van der Waals surface area contributed by atoms with Gasteiger partial charge in [-0.2, -0.15) is 0 Å². The fraction of sp³-hybridized carbons (Fsp3) is 0.667. The molecular weight excluding hydrogens is 341 g/mol. The molecule has 0 saturated heterocycles. The van der Waals surface area contributed by atoms with Gasteiger partial charge >= 0.3 is 94.4 Å². The van der Waals surface area contributed by atoms with E-state index in [4.69, 9.17) is 0 Å². The number of aldehydes is 1. The Hall–Kier alpha value is 3.40. The first-order chi connectivity index (χ1) is 2.41. The van der Waals surface area contributed by atoms with Crippen LogP contribution < -0.4 is 0 Å². The molecular formula is C3H10BaO2SrTi. The molecule has 0 aliphatic carbocycles. The molecule has 0 fully saturated rings. The van der Waals surface area contributed by atoms with Gasteiger partial charge in [-0.25, -0.2) is 0 Å². The van der Waals surface area contributed by atoms with E-state index in [-0.39, 0.29) is 123 Å². The molecule has 5 heteroatoms. The normalized spacial score (nSPS) is 4.62. The van der Waals surface area contributed by atoms with Gasteiger partial charge in [-0.05, 0) is 0 Å². The van der Waals surface area contributed by atoms with Crippen LogP contribution in [0.1, 0.15) is 0 Å². The van der Waals surface area contributed by atoms with Crippen LogP contribution in [0, 0.1) is 0 Å². The van der Waals surface area contributed by atoms with Crippen molar-refractivity contribution in [2.75, 3.05) is 13.7 Å². The standard InChI is InChI=1S/C3H6O2.Ba.Sr.Ti.4H/c1-5-3-2-4;;;;;;;/h2H,3H2,1H3;;;;;;;. The number of methoxy groups -OCH3 is 1. The number of ether oxygens (including phenoxy) is 1. The van der Waals surface area contributed by atoms with E-state index in [1.807, 2.05) is 0 Å². The number of carbonyl (C=O) groups excluding carboxylic acids is 1. The molecule has 0 amide bonds. The van der Waals surface area contributed by atoms with E-state index >= 15 is 0 Å². The van der Waals surface area contributed by atoms with Crippen LogP contribution >= 0.6 is 0 Å². The maximum atomic E-state index is 9.28. The van der Waals surface area contributed by atoms with Gasteiger partial charge in [-0.15, -0.1) is 0 Å². The Balaban J connectivity index is -0.0000000267. The summed E-state index contributed by atoms with van der Waals surface area (Å²) >= 11 is 0. The Morgan fingerprint density at radius 2 is 2.00 bits per heavy atom. The van der Waals surface area contributed by atoms with Gasteiger partial charge in [0.1, 0.15) is 12.9 Å². The van der Waals surface area contributed by atoms with E-state index in [1.165, 1.54) is 7.11 Å². The summed E-state index contributed by atoms with van der Waals surface area (Å²) in [5.41, 5.74) is 0. The molecule has 0 N–H and O–H groups in total. The molecule has 0 bridgehead atoms. The SMILES string of the molecule is COCC=O.[BaH2].[SrH2].[Ti]. The Bertz CT molecular complexity index is 38.5. The second-order valence-electron chi connectivity index (χ2n) is 0.622. The molecule has 8 heavy (non-hydrogen) atoms. The van der Waals surface area contributed by atoms with Crippen LogP contribution in [0.4, 0.5) is 0 Å². The van der Waals surface area contributed by atoms with Crippen LogP contribution in [0.15, 0.2) is 0 Å². The molecule has 0 spiro atoms. The predicted molar refractivity (Wildman–Crippen MR) is 35.0 cm³/mol. The van der Waals surface area contributed by atoms with Crippen molar-refractivity contribution in [2.24, 2.45) is 0 Å². The third-order valence-corrected chi connectivity index (χ3v) is 0.235. The van der Waals surface area contributed by atoms with Crippen LogP contribution in [0.25, 0.3) is 0 Å². The van der Waals surface area contributed by atoms with Gasteiger partial charge in [0.25, 0.3) is 0 Å². The third-order valence-electron chi connectivity index (χ3n) is 0.235. The molecule has 0 aromatic rings. The minimum Gasteiger partial charge on any atom is 0 e. The van der Waals surface area contributed by atoms with Crippen LogP contribution in [-0.4, -0.2) is 114 Å². The van der Waals surface area contributed by atoms with Gasteiger partial charge in [-0.1, -0.05) is 0 Å². The number of carbonyl (C=O) groups is 1. The van der Waals surface area contributed by atoms with Gasteiger partial charge in [-0.3, -0.25) is 0 Å². The zero-order chi connectivity index (χ0) is 4.12. The summed E-state index contributed by atoms with van der Waals surface area (Å²) < 4.78 is 4.32. The van der Waals surface area contributed by atoms with Crippen molar-refractivity contribution in [3.05, 3.63) is 0 Å². The van der Waals surface area contributed by atoms with Crippen LogP contribution in [0.5, 0.6) is 0 Å². The average molecular weight is 351 g/mol. The molecule has 0 radical (unpaired) electrons. The van der Waals surface area contributed by atoms with E-state index in [1.54, 1.807) is 0 Å². The largest absolute Gasteiger partial charge is 0 e. The van der Waals surface area contributed by atoms with Gasteiger partial charge in [0.05, 0.1) is 0 Å². The zero-order valence-corrected chi connectivity index (χ0v) is 5.16. The summed E-state index contributed by atoms with van der Waals surface area (Å²) in [5.74, 6) is 0.